The zero-order valence-corrected chi connectivity index (χ0v) is 20.9. The van der Waals surface area contributed by atoms with Crippen LogP contribution in [-0.4, -0.2) is 35.8 Å². The smallest absolute Gasteiger partial charge is 0.187 e. The first-order valence-electron chi connectivity index (χ1n) is 10.8. The van der Waals surface area contributed by atoms with Crippen molar-refractivity contribution in [2.24, 2.45) is 0 Å². The summed E-state index contributed by atoms with van der Waals surface area (Å²) in [6, 6.07) is 14.2. The number of aromatic nitrogens is 3. The van der Waals surface area contributed by atoms with Gasteiger partial charge in [-0.2, -0.15) is 0 Å². The Labute approximate surface area is 205 Å². The van der Waals surface area contributed by atoms with E-state index >= 15 is 0 Å². The van der Waals surface area contributed by atoms with E-state index in [1.54, 1.807) is 44.3 Å². The van der Waals surface area contributed by atoms with Crippen LogP contribution in [0.2, 0.25) is 5.02 Å². The van der Waals surface area contributed by atoms with Gasteiger partial charge in [0.05, 0.1) is 27.7 Å². The van der Waals surface area contributed by atoms with Crippen molar-refractivity contribution in [1.29, 1.82) is 0 Å². The summed E-state index contributed by atoms with van der Waals surface area (Å²) in [6.07, 6.45) is 1.66. The zero-order valence-electron chi connectivity index (χ0n) is 19.3. The Morgan fingerprint density at radius 2 is 1.76 bits per heavy atom. The van der Waals surface area contributed by atoms with Crippen molar-refractivity contribution in [3.8, 4) is 34.0 Å². The van der Waals surface area contributed by atoms with E-state index in [0.29, 0.717) is 40.1 Å². The number of nitrogens with zero attached hydrogens (tertiary/aromatic N) is 3. The lowest BCUT2D eigenvalue weighted by Gasteiger charge is -2.09. The number of hydrogen-bond donors (Lipinski definition) is 1. The fourth-order valence-corrected chi connectivity index (χ4v) is 4.78. The number of benzene rings is 2. The van der Waals surface area contributed by atoms with Gasteiger partial charge in [0, 0.05) is 30.2 Å². The summed E-state index contributed by atoms with van der Waals surface area (Å²) < 4.78 is 30.4. The summed E-state index contributed by atoms with van der Waals surface area (Å²) in [5.74, 6) is 0.483. The Kier molecular flexibility index (Phi) is 6.84. The number of halogens is 1. The van der Waals surface area contributed by atoms with Crippen molar-refractivity contribution in [3.05, 3.63) is 71.0 Å². The van der Waals surface area contributed by atoms with Crippen molar-refractivity contribution in [3.63, 3.8) is 0 Å². The molecule has 0 aliphatic carbocycles. The number of sulfone groups is 1. The maximum Gasteiger partial charge on any atom is 0.187 e. The van der Waals surface area contributed by atoms with Crippen molar-refractivity contribution in [2.75, 3.05) is 7.05 Å². The molecule has 0 radical (unpaired) electrons. The molecule has 0 saturated heterocycles. The average molecular weight is 499 g/mol. The van der Waals surface area contributed by atoms with Gasteiger partial charge in [-0.1, -0.05) is 41.0 Å². The highest BCUT2D eigenvalue weighted by atomic mass is 35.5. The Morgan fingerprint density at radius 3 is 2.41 bits per heavy atom. The summed E-state index contributed by atoms with van der Waals surface area (Å²) in [6.45, 7) is 5.85. The fraction of sp³-hybridized carbons (Fsp3) is 0.240. The first kappa shape index (κ1) is 24.1. The second kappa shape index (κ2) is 9.66. The number of rotatable bonds is 7. The second-order valence-electron chi connectivity index (χ2n) is 8.22. The van der Waals surface area contributed by atoms with Gasteiger partial charge in [-0.25, -0.2) is 13.4 Å². The van der Waals surface area contributed by atoms with E-state index in [-0.39, 0.29) is 6.32 Å². The van der Waals surface area contributed by atoms with Gasteiger partial charge in [0.15, 0.2) is 15.6 Å². The van der Waals surface area contributed by atoms with Gasteiger partial charge in [0.1, 0.15) is 11.4 Å². The highest BCUT2D eigenvalue weighted by molar-refractivity contribution is 7.92. The first-order valence-corrected chi connectivity index (χ1v) is 12.7. The summed E-state index contributed by atoms with van der Waals surface area (Å²) >= 11 is 6.39. The summed E-state index contributed by atoms with van der Waals surface area (Å²) in [5.41, 5.74) is 5.08. The van der Waals surface area contributed by atoms with Crippen LogP contribution in [-0.2, 0) is 16.4 Å². The van der Waals surface area contributed by atoms with Crippen molar-refractivity contribution in [1.82, 2.24) is 20.4 Å². The highest BCUT2D eigenvalue weighted by Gasteiger charge is 2.20. The Balaban J connectivity index is 0.00000342. The topological polar surface area (TPSA) is 98.0 Å². The van der Waals surface area contributed by atoms with Crippen LogP contribution in [0, 0.1) is 6.92 Å². The van der Waals surface area contributed by atoms with E-state index in [1.165, 1.54) is 0 Å². The summed E-state index contributed by atoms with van der Waals surface area (Å²) in [5, 5.41) is 7.44. The molecule has 4 rings (SSSR count). The molecule has 1 N–H and O–H groups in total. The number of aryl methyl sites for hydroxylation is 1. The van der Waals surface area contributed by atoms with Crippen molar-refractivity contribution < 1.29 is 14.4 Å². The SMILES string of the molecule is CNCc1ccc(-c2cc(-c3nc(-c4ccc(S(=O)(=O)C(C)C)cc4)cnc3C)on2)cc1Cl.[HH]. The normalized spacial score (nSPS) is 11.8. The molecule has 4 aromatic rings. The molecule has 0 saturated carbocycles. The van der Waals surface area contributed by atoms with Crippen LogP contribution in [0.3, 0.4) is 0 Å². The maximum atomic E-state index is 12.4. The van der Waals surface area contributed by atoms with Gasteiger partial charge in [-0.15, -0.1) is 0 Å². The molecule has 34 heavy (non-hydrogen) atoms. The van der Waals surface area contributed by atoms with Crippen LogP contribution < -0.4 is 5.32 Å². The molecule has 7 nitrogen and oxygen atoms in total. The van der Waals surface area contributed by atoms with Gasteiger partial charge in [-0.05, 0) is 51.6 Å². The van der Waals surface area contributed by atoms with Gasteiger partial charge in [0.2, 0.25) is 0 Å². The van der Waals surface area contributed by atoms with Crippen molar-refractivity contribution >= 4 is 21.4 Å². The van der Waals surface area contributed by atoms with E-state index in [9.17, 15) is 8.42 Å². The van der Waals surface area contributed by atoms with Crippen LogP contribution in [0.25, 0.3) is 34.0 Å². The lowest BCUT2D eigenvalue weighted by molar-refractivity contribution is 0.433. The molecule has 0 amide bonds. The first-order chi connectivity index (χ1) is 16.2. The van der Waals surface area contributed by atoms with E-state index in [2.05, 4.69) is 15.5 Å². The highest BCUT2D eigenvalue weighted by Crippen LogP contribution is 2.30. The molecule has 0 unspecified atom stereocenters. The molecular weight excluding hydrogens is 472 g/mol. The molecule has 2 aromatic heterocycles. The van der Waals surface area contributed by atoms with Crippen LogP contribution in [0.5, 0.6) is 0 Å². The monoisotopic (exact) mass is 498 g/mol. The van der Waals surface area contributed by atoms with E-state index in [0.717, 1.165) is 16.7 Å². The second-order valence-corrected chi connectivity index (χ2v) is 11.1. The van der Waals surface area contributed by atoms with Gasteiger partial charge in [0.25, 0.3) is 0 Å². The van der Waals surface area contributed by atoms with Gasteiger partial charge < -0.3 is 9.84 Å². The van der Waals surface area contributed by atoms with E-state index < -0.39 is 15.1 Å². The maximum absolute atomic E-state index is 12.4. The number of nitrogens with one attached hydrogen (secondary N) is 1. The lowest BCUT2D eigenvalue weighted by atomic mass is 10.1. The van der Waals surface area contributed by atoms with Gasteiger partial charge in [-0.3, -0.25) is 4.98 Å². The molecule has 0 bridgehead atoms. The zero-order chi connectivity index (χ0) is 24.5. The minimum atomic E-state index is -3.34. The molecule has 0 aliphatic heterocycles. The molecule has 0 aliphatic rings. The standard InChI is InChI=1S/C25H25ClN4O3S.H2/c1-15(2)34(31,32)20-9-7-17(8-10-20)23-14-28-16(3)25(29-23)24-12-22(30-33-24)18-5-6-19(13-27-4)21(26)11-18;/h5-12,14-15,27H,13H2,1-4H3;1H. The number of hydrogen-bond acceptors (Lipinski definition) is 7. The predicted molar refractivity (Wildman–Crippen MR) is 135 cm³/mol. The quantitative estimate of drug-likeness (QED) is 0.355. The van der Waals surface area contributed by atoms with Crippen LogP contribution >= 0.6 is 11.6 Å². The van der Waals surface area contributed by atoms with Crippen molar-refractivity contribution in [2.45, 2.75) is 37.5 Å². The minimum absolute atomic E-state index is 0. The Hall–Kier alpha value is -3.07. The summed E-state index contributed by atoms with van der Waals surface area (Å²) in [4.78, 5) is 9.47. The summed E-state index contributed by atoms with van der Waals surface area (Å²) in [7, 11) is -1.47. The Morgan fingerprint density at radius 1 is 1.06 bits per heavy atom. The third kappa shape index (κ3) is 4.75. The lowest BCUT2D eigenvalue weighted by Crippen LogP contribution is -2.13. The third-order valence-electron chi connectivity index (χ3n) is 5.51. The molecule has 2 aromatic carbocycles. The Bertz CT molecular complexity index is 1440. The van der Waals surface area contributed by atoms with Crippen LogP contribution in [0.15, 0.2) is 64.1 Å². The molecule has 2 heterocycles. The predicted octanol–water partition coefficient (Wildman–Crippen LogP) is 5.57. The molecule has 0 fully saturated rings. The fourth-order valence-electron chi connectivity index (χ4n) is 3.47. The molecule has 9 heteroatoms. The van der Waals surface area contributed by atoms with E-state index in [4.69, 9.17) is 21.1 Å². The molecular formula is C25H27ClN4O3S. The average Bonchev–Trinajstić information content (AvgIpc) is 3.31. The minimum Gasteiger partial charge on any atom is -0.354 e. The van der Waals surface area contributed by atoms with Gasteiger partial charge >= 0.3 is 0 Å². The largest absolute Gasteiger partial charge is 0.354 e. The molecule has 178 valence electrons. The van der Waals surface area contributed by atoms with E-state index in [1.807, 2.05) is 38.2 Å². The van der Waals surface area contributed by atoms with Crippen LogP contribution in [0.4, 0.5) is 0 Å². The molecule has 0 atom stereocenters. The molecule has 0 spiro atoms. The van der Waals surface area contributed by atoms with Crippen LogP contribution in [0.1, 0.15) is 26.5 Å². The third-order valence-corrected chi connectivity index (χ3v) is 8.04.